The smallest absolute Gasteiger partial charge is 0.341 e. The number of benzene rings is 1. The Morgan fingerprint density at radius 1 is 1.27 bits per heavy atom. The Balaban J connectivity index is 2.09. The molecule has 2 rings (SSSR count). The number of carboxylic acid groups (broad SMARTS) is 1. The maximum atomic E-state index is 13.7. The predicted octanol–water partition coefficient (Wildman–Crippen LogP) is 5.21. The van der Waals surface area contributed by atoms with Gasteiger partial charge in [0.15, 0.2) is 0 Å². The van der Waals surface area contributed by atoms with E-state index in [-0.39, 0.29) is 5.92 Å². The molecule has 1 unspecified atom stereocenters. The Morgan fingerprint density at radius 3 is 2.45 bits per heavy atom. The van der Waals surface area contributed by atoms with Crippen LogP contribution < -0.4 is 0 Å². The van der Waals surface area contributed by atoms with Crippen molar-refractivity contribution >= 4 is 5.97 Å². The maximum absolute atomic E-state index is 13.7. The molecule has 0 aromatic heterocycles. The van der Waals surface area contributed by atoms with Gasteiger partial charge in [0.1, 0.15) is 17.2 Å². The van der Waals surface area contributed by atoms with Crippen LogP contribution in [0.5, 0.6) is 0 Å². The molecule has 1 N–H and O–H groups in total. The highest BCUT2D eigenvalue weighted by Gasteiger charge is 2.20. The maximum Gasteiger partial charge on any atom is 0.341 e. The monoisotopic (exact) mass is 306 g/mol. The molecule has 0 aliphatic heterocycles. The number of rotatable bonds is 6. The van der Waals surface area contributed by atoms with Gasteiger partial charge in [0.25, 0.3) is 0 Å². The van der Waals surface area contributed by atoms with Crippen molar-refractivity contribution in [3.8, 4) is 0 Å². The quantitative estimate of drug-likeness (QED) is 0.732. The summed E-state index contributed by atoms with van der Waals surface area (Å²) in [6.07, 6.45) is 11.3. The molecule has 1 aliphatic rings. The first kappa shape index (κ1) is 16.4. The molecule has 0 radical (unpaired) electrons. The van der Waals surface area contributed by atoms with Crippen LogP contribution in [0, 0.1) is 11.6 Å². The van der Waals surface area contributed by atoms with E-state index in [0.29, 0.717) is 12.0 Å². The number of hydrogen-bond donors (Lipinski definition) is 1. The minimum Gasteiger partial charge on any atom is -0.477 e. The van der Waals surface area contributed by atoms with Gasteiger partial charge in [0, 0.05) is 5.92 Å². The van der Waals surface area contributed by atoms with Gasteiger partial charge in [0.05, 0.1) is 0 Å². The largest absolute Gasteiger partial charge is 0.477 e. The lowest BCUT2D eigenvalue weighted by molar-refractivity contribution is 0.0686. The van der Waals surface area contributed by atoms with Gasteiger partial charge in [-0.05, 0) is 37.0 Å². The molecule has 0 bridgehead atoms. The molecule has 0 amide bonds. The summed E-state index contributed by atoms with van der Waals surface area (Å²) in [7, 11) is 0. The van der Waals surface area contributed by atoms with Gasteiger partial charge >= 0.3 is 5.97 Å². The van der Waals surface area contributed by atoms with Gasteiger partial charge in [-0.1, -0.05) is 43.6 Å². The minimum absolute atomic E-state index is 0.109. The van der Waals surface area contributed by atoms with E-state index in [0.717, 1.165) is 25.0 Å². The van der Waals surface area contributed by atoms with E-state index in [9.17, 15) is 13.6 Å². The molecule has 118 valence electrons. The summed E-state index contributed by atoms with van der Waals surface area (Å²) < 4.78 is 27.5. The zero-order valence-electron chi connectivity index (χ0n) is 12.6. The molecular formula is C18H20F2O2. The standard InChI is InChI=1S/C18H20F2O2/c1-2-3-4-5-12-6-8-13(9-7-12)14-10-15(19)17(18(21)22)16(20)11-14/h6-8,10-11,13H,2-5,9H2,1H3,(H,21,22). The van der Waals surface area contributed by atoms with Crippen LogP contribution in [0.15, 0.2) is 35.9 Å². The van der Waals surface area contributed by atoms with E-state index >= 15 is 0 Å². The van der Waals surface area contributed by atoms with Crippen molar-refractivity contribution in [3.63, 3.8) is 0 Å². The Morgan fingerprint density at radius 2 is 1.95 bits per heavy atom. The highest BCUT2D eigenvalue weighted by atomic mass is 19.1. The van der Waals surface area contributed by atoms with Crippen LogP contribution in [0.4, 0.5) is 8.78 Å². The number of carbonyl (C=O) groups is 1. The SMILES string of the molecule is CCCCCC1=CCC(c2cc(F)c(C(=O)O)c(F)c2)C=C1. The molecule has 4 heteroatoms. The van der Waals surface area contributed by atoms with Crippen molar-refractivity contribution in [2.75, 3.05) is 0 Å². The van der Waals surface area contributed by atoms with Crippen LogP contribution in [0.25, 0.3) is 0 Å². The fraction of sp³-hybridized carbons (Fsp3) is 0.389. The van der Waals surface area contributed by atoms with Gasteiger partial charge < -0.3 is 5.11 Å². The second-order valence-corrected chi connectivity index (χ2v) is 5.60. The normalized spacial score (nSPS) is 17.4. The summed E-state index contributed by atoms with van der Waals surface area (Å²) in [5.41, 5.74) is 0.840. The lowest BCUT2D eigenvalue weighted by Crippen LogP contribution is -2.08. The van der Waals surface area contributed by atoms with Crippen LogP contribution in [0.3, 0.4) is 0 Å². The van der Waals surface area contributed by atoms with Gasteiger partial charge in [-0.3, -0.25) is 0 Å². The highest BCUT2D eigenvalue weighted by molar-refractivity contribution is 5.88. The molecule has 1 aliphatic carbocycles. The molecule has 0 saturated carbocycles. The van der Waals surface area contributed by atoms with E-state index in [1.165, 1.54) is 18.4 Å². The van der Waals surface area contributed by atoms with E-state index in [1.54, 1.807) is 0 Å². The second kappa shape index (κ2) is 7.34. The van der Waals surface area contributed by atoms with Crippen molar-refractivity contribution < 1.29 is 18.7 Å². The van der Waals surface area contributed by atoms with Crippen LogP contribution >= 0.6 is 0 Å². The first-order chi connectivity index (χ1) is 10.5. The first-order valence-corrected chi connectivity index (χ1v) is 7.62. The molecule has 22 heavy (non-hydrogen) atoms. The molecule has 1 aromatic rings. The molecule has 0 saturated heterocycles. The highest BCUT2D eigenvalue weighted by Crippen LogP contribution is 2.30. The summed E-state index contributed by atoms with van der Waals surface area (Å²) in [5, 5.41) is 8.78. The molecular weight excluding hydrogens is 286 g/mol. The zero-order valence-corrected chi connectivity index (χ0v) is 12.6. The first-order valence-electron chi connectivity index (χ1n) is 7.62. The van der Waals surface area contributed by atoms with Crippen LogP contribution in [-0.2, 0) is 0 Å². The van der Waals surface area contributed by atoms with E-state index in [4.69, 9.17) is 5.11 Å². The van der Waals surface area contributed by atoms with Crippen LogP contribution in [0.1, 0.15) is 60.9 Å². The summed E-state index contributed by atoms with van der Waals surface area (Å²) >= 11 is 0. The van der Waals surface area contributed by atoms with E-state index in [2.05, 4.69) is 13.0 Å². The summed E-state index contributed by atoms with van der Waals surface area (Å²) in [6.45, 7) is 2.16. The van der Waals surface area contributed by atoms with Gasteiger partial charge in [-0.2, -0.15) is 0 Å². The number of hydrogen-bond acceptors (Lipinski definition) is 1. The molecule has 0 spiro atoms. The van der Waals surface area contributed by atoms with Gasteiger partial charge in [-0.15, -0.1) is 0 Å². The third kappa shape index (κ3) is 3.81. The molecule has 2 nitrogen and oxygen atoms in total. The summed E-state index contributed by atoms with van der Waals surface area (Å²) in [6, 6.07) is 2.24. The second-order valence-electron chi connectivity index (χ2n) is 5.60. The topological polar surface area (TPSA) is 37.3 Å². The van der Waals surface area contributed by atoms with Crippen molar-refractivity contribution in [2.24, 2.45) is 0 Å². The molecule has 0 fully saturated rings. The van der Waals surface area contributed by atoms with Crippen molar-refractivity contribution in [3.05, 3.63) is 58.7 Å². The number of carboxylic acids is 1. The van der Waals surface area contributed by atoms with Gasteiger partial charge in [-0.25, -0.2) is 13.6 Å². The Kier molecular flexibility index (Phi) is 5.47. The van der Waals surface area contributed by atoms with Crippen molar-refractivity contribution in [1.29, 1.82) is 0 Å². The zero-order chi connectivity index (χ0) is 16.1. The summed E-state index contributed by atoms with van der Waals surface area (Å²) in [5.74, 6) is -3.73. The number of allylic oxidation sites excluding steroid dienone is 4. The number of aromatic carboxylic acids is 1. The third-order valence-corrected chi connectivity index (χ3v) is 3.95. The van der Waals surface area contributed by atoms with Crippen LogP contribution in [-0.4, -0.2) is 11.1 Å². The number of halogens is 2. The average molecular weight is 306 g/mol. The van der Waals surface area contributed by atoms with Crippen LogP contribution in [0.2, 0.25) is 0 Å². The Hall–Kier alpha value is -1.97. The van der Waals surface area contributed by atoms with E-state index in [1.807, 2.05) is 12.2 Å². The third-order valence-electron chi connectivity index (χ3n) is 3.95. The molecule has 0 heterocycles. The summed E-state index contributed by atoms with van der Waals surface area (Å²) in [4.78, 5) is 10.8. The fourth-order valence-corrected chi connectivity index (χ4v) is 2.69. The Bertz CT molecular complexity index is 595. The fourth-order valence-electron chi connectivity index (χ4n) is 2.69. The average Bonchev–Trinajstić information content (AvgIpc) is 2.47. The molecule has 1 atom stereocenters. The number of unbranched alkanes of at least 4 members (excludes halogenated alkanes) is 2. The minimum atomic E-state index is -1.58. The lowest BCUT2D eigenvalue weighted by Gasteiger charge is -2.17. The van der Waals surface area contributed by atoms with Crippen molar-refractivity contribution in [2.45, 2.75) is 44.9 Å². The lowest BCUT2D eigenvalue weighted by atomic mass is 9.88. The van der Waals surface area contributed by atoms with Crippen molar-refractivity contribution in [1.82, 2.24) is 0 Å². The van der Waals surface area contributed by atoms with Gasteiger partial charge in [0.2, 0.25) is 0 Å². The molecule has 1 aromatic carbocycles. The predicted molar refractivity (Wildman–Crippen MR) is 82.0 cm³/mol. The Labute approximate surface area is 129 Å². The van der Waals surface area contributed by atoms with E-state index < -0.39 is 23.2 Å².